The Kier molecular flexibility index (Phi) is 2.99. The van der Waals surface area contributed by atoms with E-state index >= 15 is 0 Å². The molecule has 92 valence electrons. The van der Waals surface area contributed by atoms with Gasteiger partial charge in [0.25, 0.3) is 0 Å². The lowest BCUT2D eigenvalue weighted by Gasteiger charge is -2.37. The third-order valence-electron chi connectivity index (χ3n) is 4.83. The van der Waals surface area contributed by atoms with Gasteiger partial charge in [0, 0.05) is 16.9 Å². The molecule has 1 aromatic rings. The predicted molar refractivity (Wildman–Crippen MR) is 72.6 cm³/mol. The highest BCUT2D eigenvalue weighted by Crippen LogP contribution is 2.56. The fourth-order valence-electron chi connectivity index (χ4n) is 4.06. The van der Waals surface area contributed by atoms with Crippen LogP contribution in [0, 0.1) is 17.3 Å². The van der Waals surface area contributed by atoms with Gasteiger partial charge in [-0.15, -0.1) is 0 Å². The second-order valence-electron chi connectivity index (χ2n) is 5.83. The summed E-state index contributed by atoms with van der Waals surface area (Å²) in [4.78, 5) is 4.27. The fraction of sp³-hybridized carbons (Fsp3) is 0.643. The third-order valence-corrected chi connectivity index (χ3v) is 5.26. The molecule has 0 aromatic carbocycles. The molecule has 0 saturated heterocycles. The Bertz CT molecular complexity index is 420. The summed E-state index contributed by atoms with van der Waals surface area (Å²) in [5.74, 6) is 1.81. The summed E-state index contributed by atoms with van der Waals surface area (Å²) >= 11 is 3.50. The van der Waals surface area contributed by atoms with Crippen molar-refractivity contribution in [3.63, 3.8) is 0 Å². The summed E-state index contributed by atoms with van der Waals surface area (Å²) in [5.41, 5.74) is 7.81. The Labute approximate surface area is 111 Å². The number of hydrogen-bond donors (Lipinski definition) is 1. The second-order valence-corrected chi connectivity index (χ2v) is 6.75. The number of aromatic nitrogens is 1. The standard InChI is InChI=1S/C14H19BrN2/c15-13-4-11(7-17-8-13)6-14(9-16)5-10-1-2-12(14)3-10/h4,7-8,10,12H,1-3,5-6,9,16H2. The maximum Gasteiger partial charge on any atom is 0.0410 e. The van der Waals surface area contributed by atoms with E-state index in [1.165, 1.54) is 31.2 Å². The molecule has 2 aliphatic rings. The van der Waals surface area contributed by atoms with Gasteiger partial charge in [0.2, 0.25) is 0 Å². The molecule has 2 N–H and O–H groups in total. The van der Waals surface area contributed by atoms with Crippen molar-refractivity contribution in [2.45, 2.75) is 32.1 Å². The molecule has 3 unspecified atom stereocenters. The molecular weight excluding hydrogens is 276 g/mol. The van der Waals surface area contributed by atoms with Gasteiger partial charge >= 0.3 is 0 Å². The van der Waals surface area contributed by atoms with Crippen LogP contribution in [0.5, 0.6) is 0 Å². The van der Waals surface area contributed by atoms with Gasteiger partial charge in [-0.1, -0.05) is 6.42 Å². The number of pyridine rings is 1. The van der Waals surface area contributed by atoms with Crippen molar-refractivity contribution in [3.05, 3.63) is 28.5 Å². The first kappa shape index (κ1) is 11.7. The number of fused-ring (bicyclic) bond motifs is 2. The molecule has 1 heterocycles. The molecular formula is C14H19BrN2. The second kappa shape index (κ2) is 4.36. The van der Waals surface area contributed by atoms with Crippen LogP contribution in [-0.2, 0) is 6.42 Å². The van der Waals surface area contributed by atoms with Crippen molar-refractivity contribution in [3.8, 4) is 0 Å². The largest absolute Gasteiger partial charge is 0.330 e. The summed E-state index contributed by atoms with van der Waals surface area (Å²) in [5, 5.41) is 0. The number of hydrogen-bond acceptors (Lipinski definition) is 2. The van der Waals surface area contributed by atoms with Crippen LogP contribution >= 0.6 is 15.9 Å². The first-order valence-electron chi connectivity index (χ1n) is 6.51. The lowest BCUT2D eigenvalue weighted by molar-refractivity contribution is 0.171. The smallest absolute Gasteiger partial charge is 0.0410 e. The molecule has 2 nitrogen and oxygen atoms in total. The molecule has 2 bridgehead atoms. The predicted octanol–water partition coefficient (Wildman–Crippen LogP) is 3.15. The SMILES string of the molecule is NCC1(Cc2cncc(Br)c2)CC2CCC1C2. The highest BCUT2D eigenvalue weighted by molar-refractivity contribution is 9.10. The van der Waals surface area contributed by atoms with Gasteiger partial charge in [-0.3, -0.25) is 4.98 Å². The van der Waals surface area contributed by atoms with Gasteiger partial charge in [0.1, 0.15) is 0 Å². The Balaban J connectivity index is 1.83. The van der Waals surface area contributed by atoms with E-state index in [2.05, 4.69) is 27.0 Å². The summed E-state index contributed by atoms with van der Waals surface area (Å²) in [6, 6.07) is 2.19. The van der Waals surface area contributed by atoms with Crippen LogP contribution in [-0.4, -0.2) is 11.5 Å². The lowest BCUT2D eigenvalue weighted by Crippen LogP contribution is -2.37. The Morgan fingerprint density at radius 1 is 1.41 bits per heavy atom. The van der Waals surface area contributed by atoms with E-state index in [9.17, 15) is 0 Å². The maximum atomic E-state index is 6.11. The quantitative estimate of drug-likeness (QED) is 0.930. The summed E-state index contributed by atoms with van der Waals surface area (Å²) in [6.07, 6.45) is 10.5. The Morgan fingerprint density at radius 3 is 2.88 bits per heavy atom. The minimum atomic E-state index is 0.366. The molecule has 2 aliphatic carbocycles. The van der Waals surface area contributed by atoms with Crippen LogP contribution in [0.15, 0.2) is 22.9 Å². The van der Waals surface area contributed by atoms with Gasteiger partial charge in [0.15, 0.2) is 0 Å². The minimum absolute atomic E-state index is 0.366. The van der Waals surface area contributed by atoms with Crippen LogP contribution < -0.4 is 5.73 Å². The number of nitrogens with two attached hydrogens (primary N) is 1. The van der Waals surface area contributed by atoms with E-state index in [0.29, 0.717) is 5.41 Å². The lowest BCUT2D eigenvalue weighted by atomic mass is 9.69. The zero-order valence-corrected chi connectivity index (χ0v) is 11.6. The van der Waals surface area contributed by atoms with Gasteiger partial charge in [0.05, 0.1) is 0 Å². The van der Waals surface area contributed by atoms with E-state index in [-0.39, 0.29) is 0 Å². The molecule has 0 radical (unpaired) electrons. The average Bonchev–Trinajstić information content (AvgIpc) is 2.89. The molecule has 17 heavy (non-hydrogen) atoms. The van der Waals surface area contributed by atoms with Crippen molar-refractivity contribution < 1.29 is 0 Å². The molecule has 1 aromatic heterocycles. The van der Waals surface area contributed by atoms with Gasteiger partial charge < -0.3 is 5.73 Å². The first-order valence-corrected chi connectivity index (χ1v) is 7.31. The van der Waals surface area contributed by atoms with E-state index in [4.69, 9.17) is 5.73 Å². The van der Waals surface area contributed by atoms with Crippen molar-refractivity contribution in [1.82, 2.24) is 4.98 Å². The molecule has 2 saturated carbocycles. The summed E-state index contributed by atoms with van der Waals surface area (Å²) < 4.78 is 1.07. The zero-order valence-electron chi connectivity index (χ0n) is 10.0. The number of rotatable bonds is 3. The van der Waals surface area contributed by atoms with Crippen molar-refractivity contribution in [1.29, 1.82) is 0 Å². The minimum Gasteiger partial charge on any atom is -0.330 e. The highest BCUT2D eigenvalue weighted by atomic mass is 79.9. The van der Waals surface area contributed by atoms with Crippen LogP contribution in [0.25, 0.3) is 0 Å². The fourth-order valence-corrected chi connectivity index (χ4v) is 4.47. The normalized spacial score (nSPS) is 35.4. The molecule has 3 rings (SSSR count). The maximum absolute atomic E-state index is 6.11. The van der Waals surface area contributed by atoms with Crippen LogP contribution in [0.4, 0.5) is 0 Å². The molecule has 0 amide bonds. The molecule has 0 spiro atoms. The summed E-state index contributed by atoms with van der Waals surface area (Å²) in [6.45, 7) is 0.834. The van der Waals surface area contributed by atoms with E-state index < -0.39 is 0 Å². The van der Waals surface area contributed by atoms with Crippen molar-refractivity contribution in [2.75, 3.05) is 6.54 Å². The van der Waals surface area contributed by atoms with Gasteiger partial charge in [-0.2, -0.15) is 0 Å². The van der Waals surface area contributed by atoms with E-state index in [1.807, 2.05) is 12.4 Å². The van der Waals surface area contributed by atoms with Gasteiger partial charge in [-0.05, 0) is 77.0 Å². The van der Waals surface area contributed by atoms with E-state index in [0.717, 1.165) is 29.3 Å². The van der Waals surface area contributed by atoms with Crippen LogP contribution in [0.1, 0.15) is 31.2 Å². The monoisotopic (exact) mass is 294 g/mol. The summed E-state index contributed by atoms with van der Waals surface area (Å²) in [7, 11) is 0. The van der Waals surface area contributed by atoms with Crippen molar-refractivity contribution >= 4 is 15.9 Å². The molecule has 0 aliphatic heterocycles. The van der Waals surface area contributed by atoms with Crippen LogP contribution in [0.2, 0.25) is 0 Å². The number of nitrogens with zero attached hydrogens (tertiary/aromatic N) is 1. The zero-order chi connectivity index (χ0) is 11.9. The molecule has 2 fully saturated rings. The third kappa shape index (κ3) is 2.04. The first-order chi connectivity index (χ1) is 8.22. The topological polar surface area (TPSA) is 38.9 Å². The average molecular weight is 295 g/mol. The molecule has 3 heteroatoms. The van der Waals surface area contributed by atoms with Crippen molar-refractivity contribution in [2.24, 2.45) is 23.0 Å². The van der Waals surface area contributed by atoms with Gasteiger partial charge in [-0.25, -0.2) is 0 Å². The van der Waals surface area contributed by atoms with Crippen LogP contribution in [0.3, 0.4) is 0 Å². The highest BCUT2D eigenvalue weighted by Gasteiger charge is 2.49. The Morgan fingerprint density at radius 2 is 2.29 bits per heavy atom. The number of halogens is 1. The molecule has 3 atom stereocenters. The van der Waals surface area contributed by atoms with E-state index in [1.54, 1.807) is 0 Å². The Hall–Kier alpha value is -0.410.